The Morgan fingerprint density at radius 1 is 1.26 bits per heavy atom. The summed E-state index contributed by atoms with van der Waals surface area (Å²) >= 11 is 6.22. The number of morpholine rings is 1. The predicted octanol–water partition coefficient (Wildman–Crippen LogP) is 2.95. The molecule has 0 bridgehead atoms. The van der Waals surface area contributed by atoms with Crippen molar-refractivity contribution < 1.29 is 17.9 Å². The van der Waals surface area contributed by atoms with Gasteiger partial charge in [0.25, 0.3) is 0 Å². The standard InChI is InChI=1S/C16H16ClF3N6O/c1-10-14(11-7-21-25(8-11)9-16(18,19)20)26-15(22-10)12(6-13(17)23-26)24-2-4-27-5-3-24/h6-8H,2-5,9H2,1H3. The summed E-state index contributed by atoms with van der Waals surface area (Å²) in [6, 6.07) is 1.74. The van der Waals surface area contributed by atoms with Gasteiger partial charge in [0.1, 0.15) is 6.54 Å². The molecule has 0 saturated carbocycles. The van der Waals surface area contributed by atoms with Gasteiger partial charge >= 0.3 is 6.18 Å². The van der Waals surface area contributed by atoms with Crippen LogP contribution in [0.4, 0.5) is 18.9 Å². The van der Waals surface area contributed by atoms with Gasteiger partial charge in [0.15, 0.2) is 10.8 Å². The van der Waals surface area contributed by atoms with Crippen molar-refractivity contribution in [3.8, 4) is 11.3 Å². The Balaban J connectivity index is 1.80. The van der Waals surface area contributed by atoms with Gasteiger partial charge in [0.2, 0.25) is 0 Å². The Kier molecular flexibility index (Phi) is 4.47. The van der Waals surface area contributed by atoms with Crippen LogP contribution in [0.3, 0.4) is 0 Å². The molecule has 144 valence electrons. The van der Waals surface area contributed by atoms with Crippen molar-refractivity contribution in [1.82, 2.24) is 24.4 Å². The Morgan fingerprint density at radius 3 is 2.70 bits per heavy atom. The lowest BCUT2D eigenvalue weighted by Gasteiger charge is -2.28. The molecule has 1 saturated heterocycles. The van der Waals surface area contributed by atoms with Crippen molar-refractivity contribution in [1.29, 1.82) is 0 Å². The van der Waals surface area contributed by atoms with Crippen LogP contribution < -0.4 is 4.90 Å². The van der Waals surface area contributed by atoms with Crippen molar-refractivity contribution >= 4 is 22.9 Å². The van der Waals surface area contributed by atoms with E-state index in [1.54, 1.807) is 17.5 Å². The molecular formula is C16H16ClF3N6O. The maximum atomic E-state index is 12.6. The number of anilines is 1. The average molecular weight is 401 g/mol. The zero-order valence-electron chi connectivity index (χ0n) is 14.4. The van der Waals surface area contributed by atoms with E-state index >= 15 is 0 Å². The molecule has 1 aliphatic rings. The molecule has 0 aliphatic carbocycles. The van der Waals surface area contributed by atoms with Crippen molar-refractivity contribution in [3.05, 3.63) is 29.3 Å². The SMILES string of the molecule is Cc1nc2c(N3CCOCC3)cc(Cl)nn2c1-c1cnn(CC(F)(F)F)c1. The van der Waals surface area contributed by atoms with E-state index in [-0.39, 0.29) is 5.15 Å². The second kappa shape index (κ2) is 6.68. The van der Waals surface area contributed by atoms with Crippen LogP contribution in [-0.4, -0.2) is 56.9 Å². The van der Waals surface area contributed by atoms with Crippen molar-refractivity contribution in [2.45, 2.75) is 19.6 Å². The molecular weight excluding hydrogens is 385 g/mol. The van der Waals surface area contributed by atoms with Crippen LogP contribution in [0.5, 0.6) is 0 Å². The number of imidazole rings is 1. The third-order valence-corrected chi connectivity index (χ3v) is 4.49. The number of fused-ring (bicyclic) bond motifs is 1. The van der Waals surface area contributed by atoms with E-state index in [2.05, 4.69) is 20.1 Å². The Morgan fingerprint density at radius 2 is 2.00 bits per heavy atom. The highest BCUT2D eigenvalue weighted by Crippen LogP contribution is 2.31. The van der Waals surface area contributed by atoms with Gasteiger partial charge in [0.05, 0.1) is 36.5 Å². The zero-order chi connectivity index (χ0) is 19.2. The number of hydrogen-bond acceptors (Lipinski definition) is 5. The highest BCUT2D eigenvalue weighted by molar-refractivity contribution is 6.29. The lowest BCUT2D eigenvalue weighted by Crippen LogP contribution is -2.36. The summed E-state index contributed by atoms with van der Waals surface area (Å²) in [7, 11) is 0. The van der Waals surface area contributed by atoms with E-state index < -0.39 is 12.7 Å². The Hall–Kier alpha value is -2.33. The summed E-state index contributed by atoms with van der Waals surface area (Å²) in [5.74, 6) is 0. The van der Waals surface area contributed by atoms with Crippen molar-refractivity contribution in [2.75, 3.05) is 31.2 Å². The van der Waals surface area contributed by atoms with E-state index in [1.165, 1.54) is 12.4 Å². The van der Waals surface area contributed by atoms with E-state index in [4.69, 9.17) is 16.3 Å². The summed E-state index contributed by atoms with van der Waals surface area (Å²) in [5, 5.41) is 8.39. The van der Waals surface area contributed by atoms with Crippen LogP contribution in [0.1, 0.15) is 5.69 Å². The molecule has 4 heterocycles. The van der Waals surface area contributed by atoms with E-state index in [0.717, 1.165) is 10.4 Å². The van der Waals surface area contributed by atoms with Crippen LogP contribution in [-0.2, 0) is 11.3 Å². The number of aromatic nitrogens is 5. The van der Waals surface area contributed by atoms with E-state index in [1.807, 2.05) is 0 Å². The fourth-order valence-electron chi connectivity index (χ4n) is 3.21. The Bertz CT molecular complexity index is 977. The minimum absolute atomic E-state index is 0.269. The smallest absolute Gasteiger partial charge is 0.378 e. The number of rotatable bonds is 3. The fraction of sp³-hybridized carbons (Fsp3) is 0.438. The van der Waals surface area contributed by atoms with Gasteiger partial charge in [-0.25, -0.2) is 9.50 Å². The third-order valence-electron chi connectivity index (χ3n) is 4.31. The molecule has 4 rings (SSSR count). The van der Waals surface area contributed by atoms with Gasteiger partial charge in [-0.05, 0) is 6.92 Å². The predicted molar refractivity (Wildman–Crippen MR) is 93.0 cm³/mol. The summed E-state index contributed by atoms with van der Waals surface area (Å²) < 4.78 is 45.6. The molecule has 3 aromatic rings. The molecule has 0 spiro atoms. The van der Waals surface area contributed by atoms with Gasteiger partial charge in [-0.1, -0.05) is 11.6 Å². The van der Waals surface area contributed by atoms with Crippen molar-refractivity contribution in [2.24, 2.45) is 0 Å². The monoisotopic (exact) mass is 400 g/mol. The quantitative estimate of drug-likeness (QED) is 0.676. The normalized spacial score (nSPS) is 15.7. The molecule has 0 amide bonds. The number of alkyl halides is 3. The number of hydrogen-bond donors (Lipinski definition) is 0. The lowest BCUT2D eigenvalue weighted by atomic mass is 10.2. The maximum absolute atomic E-state index is 12.6. The zero-order valence-corrected chi connectivity index (χ0v) is 15.1. The number of ether oxygens (including phenoxy) is 1. The summed E-state index contributed by atoms with van der Waals surface area (Å²) in [6.45, 7) is 3.21. The van der Waals surface area contributed by atoms with Crippen LogP contribution in [0, 0.1) is 6.92 Å². The molecule has 0 radical (unpaired) electrons. The summed E-state index contributed by atoms with van der Waals surface area (Å²) in [4.78, 5) is 6.70. The first-order valence-corrected chi connectivity index (χ1v) is 8.68. The third kappa shape index (κ3) is 3.59. The van der Waals surface area contributed by atoms with Gasteiger partial charge < -0.3 is 9.64 Å². The molecule has 3 aromatic heterocycles. The van der Waals surface area contributed by atoms with Crippen LogP contribution in [0.2, 0.25) is 5.15 Å². The topological polar surface area (TPSA) is 60.5 Å². The Labute approximate surface area is 157 Å². The fourth-order valence-corrected chi connectivity index (χ4v) is 3.39. The van der Waals surface area contributed by atoms with Crippen LogP contribution in [0.15, 0.2) is 18.5 Å². The number of halogens is 4. The molecule has 0 atom stereocenters. The molecule has 11 heteroatoms. The first-order chi connectivity index (χ1) is 12.8. The maximum Gasteiger partial charge on any atom is 0.408 e. The molecule has 0 aromatic carbocycles. The second-order valence-electron chi connectivity index (χ2n) is 6.27. The van der Waals surface area contributed by atoms with E-state index in [0.29, 0.717) is 48.9 Å². The largest absolute Gasteiger partial charge is 0.408 e. The molecule has 1 aliphatic heterocycles. The van der Waals surface area contributed by atoms with Crippen molar-refractivity contribution in [3.63, 3.8) is 0 Å². The first-order valence-electron chi connectivity index (χ1n) is 8.30. The van der Waals surface area contributed by atoms with E-state index in [9.17, 15) is 13.2 Å². The molecule has 1 fully saturated rings. The summed E-state index contributed by atoms with van der Waals surface area (Å²) in [5.41, 5.74) is 3.10. The first kappa shape index (κ1) is 18.1. The van der Waals surface area contributed by atoms with Crippen LogP contribution in [0.25, 0.3) is 16.9 Å². The number of nitrogens with zero attached hydrogens (tertiary/aromatic N) is 6. The molecule has 0 unspecified atom stereocenters. The summed E-state index contributed by atoms with van der Waals surface area (Å²) in [6.07, 6.45) is -1.64. The molecule has 27 heavy (non-hydrogen) atoms. The minimum Gasteiger partial charge on any atom is -0.378 e. The highest BCUT2D eigenvalue weighted by Gasteiger charge is 2.29. The van der Waals surface area contributed by atoms with Gasteiger partial charge in [-0.15, -0.1) is 0 Å². The van der Waals surface area contributed by atoms with Gasteiger partial charge in [0, 0.05) is 30.9 Å². The minimum atomic E-state index is -4.34. The molecule has 7 nitrogen and oxygen atoms in total. The van der Waals surface area contributed by atoms with Gasteiger partial charge in [-0.2, -0.15) is 23.4 Å². The number of aryl methyl sites for hydroxylation is 1. The molecule has 0 N–H and O–H groups in total. The average Bonchev–Trinajstić information content (AvgIpc) is 3.16. The second-order valence-corrected chi connectivity index (χ2v) is 6.66. The lowest BCUT2D eigenvalue weighted by molar-refractivity contribution is -0.142. The van der Waals surface area contributed by atoms with Crippen LogP contribution >= 0.6 is 11.6 Å². The van der Waals surface area contributed by atoms with Gasteiger partial charge in [-0.3, -0.25) is 4.68 Å². The highest BCUT2D eigenvalue weighted by atomic mass is 35.5.